The van der Waals surface area contributed by atoms with Crippen molar-refractivity contribution in [3.05, 3.63) is 58.8 Å². The molecule has 2 aromatic heterocycles. The van der Waals surface area contributed by atoms with E-state index in [1.54, 1.807) is 18.5 Å². The summed E-state index contributed by atoms with van der Waals surface area (Å²) in [5.74, 6) is -0.207. The van der Waals surface area contributed by atoms with Gasteiger partial charge in [0.1, 0.15) is 12.4 Å². The molecule has 0 spiro atoms. The summed E-state index contributed by atoms with van der Waals surface area (Å²) < 4.78 is 0.989. The van der Waals surface area contributed by atoms with Crippen molar-refractivity contribution in [2.75, 3.05) is 17.2 Å². The first-order valence-electron chi connectivity index (χ1n) is 7.79. The maximum atomic E-state index is 10.8. The van der Waals surface area contributed by atoms with Crippen LogP contribution in [-0.4, -0.2) is 32.6 Å². The van der Waals surface area contributed by atoms with Crippen LogP contribution in [0, 0.1) is 6.92 Å². The number of aromatic nitrogens is 3. The summed E-state index contributed by atoms with van der Waals surface area (Å²) in [5.41, 5.74) is 3.39. The normalized spacial score (nSPS) is 10.4. The van der Waals surface area contributed by atoms with Crippen molar-refractivity contribution >= 4 is 39.4 Å². The number of carboxylic acid groups (broad SMARTS) is 1. The number of anilines is 3. The third kappa shape index (κ3) is 4.54. The van der Waals surface area contributed by atoms with Crippen molar-refractivity contribution in [1.29, 1.82) is 0 Å². The zero-order valence-electron chi connectivity index (χ0n) is 13.9. The van der Waals surface area contributed by atoms with E-state index in [4.69, 9.17) is 5.11 Å². The van der Waals surface area contributed by atoms with Crippen molar-refractivity contribution in [3.63, 3.8) is 0 Å². The highest BCUT2D eigenvalue weighted by atomic mass is 79.9. The molecular weight excluding hydrogens is 398 g/mol. The summed E-state index contributed by atoms with van der Waals surface area (Å²) in [6.07, 6.45) is 3.37. The van der Waals surface area contributed by atoms with E-state index >= 15 is 0 Å². The highest BCUT2D eigenvalue weighted by Crippen LogP contribution is 2.26. The second-order valence-electron chi connectivity index (χ2n) is 5.54. The van der Waals surface area contributed by atoms with Gasteiger partial charge in [0.15, 0.2) is 0 Å². The Morgan fingerprint density at radius 1 is 1.23 bits per heavy atom. The van der Waals surface area contributed by atoms with Gasteiger partial charge in [0, 0.05) is 34.2 Å². The molecule has 7 nitrogen and oxygen atoms in total. The molecule has 26 heavy (non-hydrogen) atoms. The molecule has 0 aliphatic carbocycles. The Hall–Kier alpha value is -3.00. The SMILES string of the molecule is Cc1cc(Br)ccc1Nc1cc(-c2cccnc2)nc(NCC(=O)O)n1. The molecule has 0 unspecified atom stereocenters. The van der Waals surface area contributed by atoms with Gasteiger partial charge in [-0.05, 0) is 42.8 Å². The topological polar surface area (TPSA) is 100 Å². The summed E-state index contributed by atoms with van der Waals surface area (Å²) in [4.78, 5) is 23.7. The van der Waals surface area contributed by atoms with Crippen LogP contribution >= 0.6 is 15.9 Å². The summed E-state index contributed by atoms with van der Waals surface area (Å²) in [6.45, 7) is 1.72. The molecule has 1 aromatic carbocycles. The van der Waals surface area contributed by atoms with Crippen molar-refractivity contribution in [1.82, 2.24) is 15.0 Å². The molecule has 0 aliphatic rings. The largest absolute Gasteiger partial charge is 0.480 e. The molecule has 0 radical (unpaired) electrons. The van der Waals surface area contributed by atoms with Crippen LogP contribution in [0.15, 0.2) is 53.3 Å². The number of halogens is 1. The predicted molar refractivity (Wildman–Crippen MR) is 104 cm³/mol. The summed E-state index contributed by atoms with van der Waals surface area (Å²) in [7, 11) is 0. The number of pyridine rings is 1. The lowest BCUT2D eigenvalue weighted by atomic mass is 10.2. The molecule has 0 saturated heterocycles. The fraction of sp³-hybridized carbons (Fsp3) is 0.111. The number of rotatable bonds is 6. The third-order valence-corrected chi connectivity index (χ3v) is 4.03. The molecule has 0 aliphatic heterocycles. The Balaban J connectivity index is 1.97. The lowest BCUT2D eigenvalue weighted by Gasteiger charge is -2.12. The van der Waals surface area contributed by atoms with Gasteiger partial charge >= 0.3 is 5.97 Å². The van der Waals surface area contributed by atoms with Gasteiger partial charge in [0.25, 0.3) is 0 Å². The first kappa shape index (κ1) is 17.8. The lowest BCUT2D eigenvalue weighted by molar-refractivity contribution is -0.134. The third-order valence-electron chi connectivity index (χ3n) is 3.53. The van der Waals surface area contributed by atoms with E-state index in [1.165, 1.54) is 0 Å². The number of aliphatic carboxylic acids is 1. The van der Waals surface area contributed by atoms with E-state index < -0.39 is 5.97 Å². The van der Waals surface area contributed by atoms with Gasteiger partial charge < -0.3 is 15.7 Å². The van der Waals surface area contributed by atoms with Crippen molar-refractivity contribution in [2.45, 2.75) is 6.92 Å². The molecular formula is C18H16BrN5O2. The number of benzene rings is 1. The number of nitrogens with one attached hydrogen (secondary N) is 2. The monoisotopic (exact) mass is 413 g/mol. The summed E-state index contributed by atoms with van der Waals surface area (Å²) >= 11 is 3.44. The number of aryl methyl sites for hydroxylation is 1. The minimum atomic E-state index is -0.987. The predicted octanol–water partition coefficient (Wildman–Crippen LogP) is 3.85. The van der Waals surface area contributed by atoms with Crippen LogP contribution in [0.2, 0.25) is 0 Å². The van der Waals surface area contributed by atoms with E-state index in [-0.39, 0.29) is 12.5 Å². The lowest BCUT2D eigenvalue weighted by Crippen LogP contribution is -2.15. The molecule has 0 bridgehead atoms. The van der Waals surface area contributed by atoms with Gasteiger partial charge in [0.05, 0.1) is 5.69 Å². The number of nitrogens with zero attached hydrogens (tertiary/aromatic N) is 3. The molecule has 3 aromatic rings. The minimum absolute atomic E-state index is 0.228. The van der Waals surface area contributed by atoms with Gasteiger partial charge in [-0.1, -0.05) is 15.9 Å². The molecule has 3 rings (SSSR count). The van der Waals surface area contributed by atoms with Crippen LogP contribution in [0.3, 0.4) is 0 Å². The number of carboxylic acids is 1. The molecule has 0 fully saturated rings. The maximum Gasteiger partial charge on any atom is 0.322 e. The number of hydrogen-bond acceptors (Lipinski definition) is 6. The van der Waals surface area contributed by atoms with Gasteiger partial charge in [-0.15, -0.1) is 0 Å². The average molecular weight is 414 g/mol. The zero-order chi connectivity index (χ0) is 18.5. The zero-order valence-corrected chi connectivity index (χ0v) is 15.5. The molecule has 8 heteroatoms. The number of carbonyl (C=O) groups is 1. The van der Waals surface area contributed by atoms with Gasteiger partial charge in [-0.25, -0.2) is 4.98 Å². The van der Waals surface area contributed by atoms with Gasteiger partial charge in [-0.2, -0.15) is 4.98 Å². The van der Waals surface area contributed by atoms with E-state index in [2.05, 4.69) is 41.5 Å². The van der Waals surface area contributed by atoms with E-state index in [9.17, 15) is 4.79 Å². The molecule has 0 atom stereocenters. The molecule has 2 heterocycles. The van der Waals surface area contributed by atoms with Crippen molar-refractivity contribution in [2.24, 2.45) is 0 Å². The van der Waals surface area contributed by atoms with Crippen LogP contribution in [0.5, 0.6) is 0 Å². The van der Waals surface area contributed by atoms with Crippen LogP contribution in [0.1, 0.15) is 5.56 Å². The maximum absolute atomic E-state index is 10.8. The fourth-order valence-corrected chi connectivity index (χ4v) is 2.79. The fourth-order valence-electron chi connectivity index (χ4n) is 2.31. The second kappa shape index (κ2) is 7.92. The summed E-state index contributed by atoms with van der Waals surface area (Å²) in [6, 6.07) is 11.4. The highest BCUT2D eigenvalue weighted by Gasteiger charge is 2.09. The van der Waals surface area contributed by atoms with Crippen LogP contribution in [-0.2, 0) is 4.79 Å². The first-order chi connectivity index (χ1) is 12.5. The Bertz CT molecular complexity index is 934. The smallest absolute Gasteiger partial charge is 0.322 e. The van der Waals surface area contributed by atoms with Crippen molar-refractivity contribution < 1.29 is 9.90 Å². The molecule has 132 valence electrons. The Kier molecular flexibility index (Phi) is 5.43. The van der Waals surface area contributed by atoms with E-state index in [1.807, 2.05) is 37.3 Å². The second-order valence-corrected chi connectivity index (χ2v) is 6.45. The Labute approximate surface area is 158 Å². The first-order valence-corrected chi connectivity index (χ1v) is 8.59. The minimum Gasteiger partial charge on any atom is -0.480 e. The van der Waals surface area contributed by atoms with Crippen LogP contribution in [0.25, 0.3) is 11.3 Å². The highest BCUT2D eigenvalue weighted by molar-refractivity contribution is 9.10. The number of hydrogen-bond donors (Lipinski definition) is 3. The van der Waals surface area contributed by atoms with Crippen LogP contribution < -0.4 is 10.6 Å². The molecule has 0 amide bonds. The van der Waals surface area contributed by atoms with E-state index in [0.29, 0.717) is 11.5 Å². The standard InChI is InChI=1S/C18H16BrN5O2/c1-11-7-13(19)4-5-14(11)22-16-8-15(12-3-2-6-20-9-12)23-18(24-16)21-10-17(25)26/h2-9H,10H2,1H3,(H,25,26)(H2,21,22,23,24). The molecule has 3 N–H and O–H groups in total. The van der Waals surface area contributed by atoms with Gasteiger partial charge in [0.2, 0.25) is 5.95 Å². The van der Waals surface area contributed by atoms with E-state index in [0.717, 1.165) is 21.3 Å². The Morgan fingerprint density at radius 3 is 2.77 bits per heavy atom. The van der Waals surface area contributed by atoms with Gasteiger partial charge in [-0.3, -0.25) is 9.78 Å². The Morgan fingerprint density at radius 2 is 2.08 bits per heavy atom. The summed E-state index contributed by atoms with van der Waals surface area (Å²) in [5, 5.41) is 14.9. The van der Waals surface area contributed by atoms with Crippen LogP contribution in [0.4, 0.5) is 17.5 Å². The quantitative estimate of drug-likeness (QED) is 0.563. The average Bonchev–Trinajstić information content (AvgIpc) is 2.63. The van der Waals surface area contributed by atoms with Crippen molar-refractivity contribution in [3.8, 4) is 11.3 Å². The molecule has 0 saturated carbocycles.